The quantitative estimate of drug-likeness (QED) is 0.0879. The average Bonchev–Trinajstić information content (AvgIpc) is 2.51. The summed E-state index contributed by atoms with van der Waals surface area (Å²) < 4.78 is 93.1. The zero-order valence-corrected chi connectivity index (χ0v) is 25.8. The molecular weight excluding hydrogens is 865 g/mol. The topological polar surface area (TPSA) is 471 Å². The van der Waals surface area contributed by atoms with Crippen molar-refractivity contribution in [2.24, 2.45) is 0 Å². The molecule has 0 saturated heterocycles. The molecule has 0 radical (unpaired) electrons. The Morgan fingerprint density at radius 2 is 0.385 bits per heavy atom. The molecule has 0 unspecified atom stereocenters. The van der Waals surface area contributed by atoms with Gasteiger partial charge in [-0.15, -0.1) is 0 Å². The monoisotopic (exact) mass is 889 g/mol. The molecule has 0 aromatic heterocycles. The van der Waals surface area contributed by atoms with E-state index in [0.29, 0.717) is 0 Å². The molecule has 0 spiro atoms. The Morgan fingerprint density at radius 3 is 0.436 bits per heavy atom. The number of phosphoric acid groups is 6. The van der Waals surface area contributed by atoms with E-state index in [4.69, 9.17) is 58.7 Å². The first-order chi connectivity index (χ1) is 15.6. The summed E-state index contributed by atoms with van der Waals surface area (Å²) in [6, 6.07) is 0. The third-order valence-electron chi connectivity index (χ3n) is 3.50. The summed E-state index contributed by atoms with van der Waals surface area (Å²) >= 11 is 0. The Morgan fingerprint density at radius 1 is 0.308 bits per heavy atom. The average molecular weight is 889 g/mol. The van der Waals surface area contributed by atoms with Crippen molar-refractivity contribution in [1.29, 1.82) is 0 Å². The van der Waals surface area contributed by atoms with Crippen molar-refractivity contribution in [3.63, 3.8) is 0 Å². The van der Waals surface area contributed by atoms with Crippen LogP contribution in [0.4, 0.5) is 0 Å². The standard InChI is InChI=1S/C6H18O24P6.2H3N.Pt/c7-31(8,9)25-1-2(26-32(10,11)12)4(28-34(16,17)18)6(30-36(22,23)24)5(29-35(19,20)21)3(1)27-33(13,14)15;;;/h1-6H,(H2,7,8,9)(H2,10,11,12)(H2,13,14,15)(H2,16,17,18)(H2,19,20,21)(H2,22,23,24);2*1H3;/q;;;+2. The fourth-order valence-electron chi connectivity index (χ4n) is 2.79. The summed E-state index contributed by atoms with van der Waals surface area (Å²) in [6.07, 6.45) is -18.9. The summed E-state index contributed by atoms with van der Waals surface area (Å²) in [7, 11) is -36.1. The van der Waals surface area contributed by atoms with Crippen LogP contribution < -0.4 is 12.3 Å². The Balaban J connectivity index is -0.00000432. The summed E-state index contributed by atoms with van der Waals surface area (Å²) in [6.45, 7) is 0. The van der Waals surface area contributed by atoms with Crippen LogP contribution in [0.3, 0.4) is 0 Å². The van der Waals surface area contributed by atoms with Gasteiger partial charge in [0, 0.05) is 0 Å². The smallest absolute Gasteiger partial charge is 0.344 e. The summed E-state index contributed by atoms with van der Waals surface area (Å²) in [5.41, 5.74) is 0. The van der Waals surface area contributed by atoms with Gasteiger partial charge in [-0.3, -0.25) is 27.1 Å². The van der Waals surface area contributed by atoms with Crippen LogP contribution in [0.1, 0.15) is 0 Å². The minimum atomic E-state index is -6.02. The van der Waals surface area contributed by atoms with E-state index in [0.717, 1.165) is 0 Å². The van der Waals surface area contributed by atoms with Crippen LogP contribution in [0.2, 0.25) is 0 Å². The molecule has 18 N–H and O–H groups in total. The molecule has 1 aliphatic rings. The first-order valence-electron chi connectivity index (χ1n) is 8.01. The molecule has 0 bridgehead atoms. The van der Waals surface area contributed by atoms with Gasteiger partial charge in [0.2, 0.25) is 0 Å². The van der Waals surface area contributed by atoms with Gasteiger partial charge in [0.05, 0.1) is 0 Å². The molecule has 33 heteroatoms. The van der Waals surface area contributed by atoms with Crippen molar-refractivity contribution in [2.45, 2.75) is 36.6 Å². The summed E-state index contributed by atoms with van der Waals surface area (Å²) in [5.74, 6) is 0. The number of hydrogen-bond acceptors (Lipinski definition) is 14. The molecule has 1 fully saturated rings. The van der Waals surface area contributed by atoms with Gasteiger partial charge in [0.25, 0.3) is 0 Å². The number of phosphoric ester groups is 6. The van der Waals surface area contributed by atoms with Crippen LogP contribution in [0.5, 0.6) is 0 Å². The normalized spacial score (nSPS) is 27.1. The Labute approximate surface area is 230 Å². The molecule has 0 atom stereocenters. The van der Waals surface area contributed by atoms with E-state index in [1.807, 2.05) is 0 Å². The van der Waals surface area contributed by atoms with E-state index in [2.05, 4.69) is 27.1 Å². The second-order valence-corrected chi connectivity index (χ2v) is 13.5. The zero-order valence-electron chi connectivity index (χ0n) is 18.1. The van der Waals surface area contributed by atoms with Gasteiger partial charge in [0.15, 0.2) is 0 Å². The van der Waals surface area contributed by atoms with Gasteiger partial charge >= 0.3 is 68.0 Å². The molecule has 1 aliphatic carbocycles. The van der Waals surface area contributed by atoms with Crippen molar-refractivity contribution < 1.29 is 134 Å². The predicted molar refractivity (Wildman–Crippen MR) is 112 cm³/mol. The van der Waals surface area contributed by atoms with Crippen LogP contribution in [0, 0.1) is 0 Å². The van der Waals surface area contributed by atoms with Crippen molar-refractivity contribution >= 4 is 46.9 Å². The zero-order chi connectivity index (χ0) is 28.7. The third kappa shape index (κ3) is 17.9. The summed E-state index contributed by atoms with van der Waals surface area (Å²) in [5, 5.41) is 0. The molecular formula is C6H24N2O24P6Pt+2. The number of rotatable bonds is 12. The van der Waals surface area contributed by atoms with Crippen LogP contribution in [0.15, 0.2) is 0 Å². The Kier molecular flexibility index (Phi) is 17.6. The Hall–Kier alpha value is 1.27. The number of hydrogen-bond donors (Lipinski definition) is 14. The first kappa shape index (κ1) is 44.7. The largest absolute Gasteiger partial charge is 2.00 e. The van der Waals surface area contributed by atoms with Gasteiger partial charge in [0.1, 0.15) is 36.6 Å². The van der Waals surface area contributed by atoms with Crippen molar-refractivity contribution in [1.82, 2.24) is 12.3 Å². The van der Waals surface area contributed by atoms with Gasteiger partial charge in [-0.1, -0.05) is 0 Å². The molecule has 0 heterocycles. The third-order valence-corrected chi connectivity index (χ3v) is 6.61. The van der Waals surface area contributed by atoms with Gasteiger partial charge in [-0.25, -0.2) is 27.4 Å². The molecule has 0 aromatic rings. The molecule has 1 rings (SSSR count). The fourth-order valence-corrected chi connectivity index (χ4v) is 6.14. The minimum absolute atomic E-state index is 0. The molecule has 0 aromatic carbocycles. The second-order valence-electron chi connectivity index (χ2n) is 6.36. The maximum absolute atomic E-state index is 11.4. The van der Waals surface area contributed by atoms with Crippen molar-refractivity contribution in [3.8, 4) is 0 Å². The second kappa shape index (κ2) is 15.3. The van der Waals surface area contributed by atoms with E-state index in [1.54, 1.807) is 0 Å². The SMILES string of the molecule is N.N.O=P(O)(O)OC1C(OP(=O)(O)O)C(OP(=O)(O)O)C(OP(=O)(O)O)C(OP(=O)(O)O)C1OP(=O)(O)O.[Pt+2]. The Bertz CT molecular complexity index is 836. The van der Waals surface area contributed by atoms with Gasteiger partial charge in [-0.05, 0) is 0 Å². The van der Waals surface area contributed by atoms with Crippen LogP contribution >= 0.6 is 46.9 Å². The molecule has 26 nitrogen and oxygen atoms in total. The molecule has 1 saturated carbocycles. The molecule has 0 aliphatic heterocycles. The van der Waals surface area contributed by atoms with E-state index in [9.17, 15) is 27.4 Å². The van der Waals surface area contributed by atoms with Crippen molar-refractivity contribution in [2.75, 3.05) is 0 Å². The maximum Gasteiger partial charge on any atom is 2.00 e. The van der Waals surface area contributed by atoms with Crippen LogP contribution in [-0.2, 0) is 75.6 Å². The molecule has 39 heavy (non-hydrogen) atoms. The predicted octanol–water partition coefficient (Wildman–Crippen LogP) is -2.81. The first-order valence-corrected chi connectivity index (χ1v) is 17.2. The molecule has 240 valence electrons. The molecule has 0 amide bonds. The van der Waals surface area contributed by atoms with E-state index < -0.39 is 83.6 Å². The summed E-state index contributed by atoms with van der Waals surface area (Å²) in [4.78, 5) is 110. The van der Waals surface area contributed by atoms with Gasteiger partial charge < -0.3 is 71.0 Å². The van der Waals surface area contributed by atoms with E-state index >= 15 is 0 Å². The minimum Gasteiger partial charge on any atom is -0.344 e. The van der Waals surface area contributed by atoms with Crippen molar-refractivity contribution in [3.05, 3.63) is 0 Å². The maximum atomic E-state index is 11.4. The van der Waals surface area contributed by atoms with Gasteiger partial charge in [-0.2, -0.15) is 0 Å². The van der Waals surface area contributed by atoms with Crippen LogP contribution in [0.25, 0.3) is 0 Å². The fraction of sp³-hybridized carbons (Fsp3) is 1.00. The van der Waals surface area contributed by atoms with E-state index in [1.165, 1.54) is 0 Å². The van der Waals surface area contributed by atoms with Crippen LogP contribution in [-0.4, -0.2) is 95.3 Å². The van der Waals surface area contributed by atoms with E-state index in [-0.39, 0.29) is 33.4 Å².